The molecule has 3 heterocycles. The van der Waals surface area contributed by atoms with Crippen molar-refractivity contribution in [3.05, 3.63) is 53.0 Å². The highest BCUT2D eigenvalue weighted by molar-refractivity contribution is 7.15. The average Bonchev–Trinajstić information content (AvgIpc) is 3.39. The number of hydrogen-bond donors (Lipinski definition) is 1. The van der Waals surface area contributed by atoms with Gasteiger partial charge in [-0.05, 0) is 51.1 Å². The molecule has 0 fully saturated rings. The van der Waals surface area contributed by atoms with Crippen LogP contribution in [0.1, 0.15) is 35.1 Å². The summed E-state index contributed by atoms with van der Waals surface area (Å²) in [6.45, 7) is 6.13. The van der Waals surface area contributed by atoms with Crippen molar-refractivity contribution in [3.63, 3.8) is 0 Å². The lowest BCUT2D eigenvalue weighted by Crippen LogP contribution is -2.13. The zero-order chi connectivity index (χ0) is 22.1. The monoisotopic (exact) mass is 436 g/mol. The maximum atomic E-state index is 13.3. The van der Waals surface area contributed by atoms with Crippen molar-refractivity contribution in [1.82, 2.24) is 14.8 Å². The molecule has 1 aromatic carbocycles. The first-order chi connectivity index (χ1) is 14.9. The fourth-order valence-electron chi connectivity index (χ4n) is 3.39. The summed E-state index contributed by atoms with van der Waals surface area (Å²) >= 11 is 1.65. The summed E-state index contributed by atoms with van der Waals surface area (Å²) in [4.78, 5) is 20.3. The molecule has 0 bridgehead atoms. The van der Waals surface area contributed by atoms with Gasteiger partial charge in [0.15, 0.2) is 17.1 Å². The molecular weight excluding hydrogens is 412 g/mol. The molecule has 0 aliphatic rings. The van der Waals surface area contributed by atoms with Crippen molar-refractivity contribution in [2.24, 2.45) is 0 Å². The number of aromatic nitrogens is 3. The Balaban J connectivity index is 1.79. The minimum Gasteiger partial charge on any atom is -0.493 e. The van der Waals surface area contributed by atoms with Gasteiger partial charge in [0.05, 0.1) is 41.9 Å². The molecule has 1 amide bonds. The maximum absolute atomic E-state index is 13.3. The van der Waals surface area contributed by atoms with Crippen molar-refractivity contribution < 1.29 is 14.3 Å². The standard InChI is InChI=1S/C23H24N4O3S/c1-13(2)27-22-17(12-24-27)16(11-18(26-22)21-9-6-14(3)31-21)23(28)25-15-7-8-19(29-4)20(10-15)30-5/h6-13H,1-5H3,(H,25,28). The molecule has 8 heteroatoms. The van der Waals surface area contributed by atoms with Crippen LogP contribution in [0.5, 0.6) is 11.5 Å². The lowest BCUT2D eigenvalue weighted by molar-refractivity contribution is 0.102. The van der Waals surface area contributed by atoms with Gasteiger partial charge in [-0.25, -0.2) is 9.67 Å². The number of carbonyl (C=O) groups is 1. The third-order valence-corrected chi connectivity index (χ3v) is 5.96. The molecule has 4 rings (SSSR count). The minimum absolute atomic E-state index is 0.118. The fraction of sp³-hybridized carbons (Fsp3) is 0.261. The summed E-state index contributed by atoms with van der Waals surface area (Å²) in [5, 5.41) is 8.15. The molecule has 1 N–H and O–H groups in total. The Kier molecular flexibility index (Phi) is 5.65. The van der Waals surface area contributed by atoms with E-state index in [0.29, 0.717) is 33.8 Å². The number of methoxy groups -OCH3 is 2. The molecule has 0 aliphatic carbocycles. The molecule has 0 saturated carbocycles. The average molecular weight is 437 g/mol. The second-order valence-electron chi connectivity index (χ2n) is 7.41. The Morgan fingerprint density at radius 1 is 1.10 bits per heavy atom. The molecule has 3 aromatic heterocycles. The van der Waals surface area contributed by atoms with E-state index < -0.39 is 0 Å². The van der Waals surface area contributed by atoms with Gasteiger partial charge in [-0.3, -0.25) is 4.79 Å². The molecule has 31 heavy (non-hydrogen) atoms. The first-order valence-corrected chi connectivity index (χ1v) is 10.7. The summed E-state index contributed by atoms with van der Waals surface area (Å²) < 4.78 is 12.5. The Hall–Kier alpha value is -3.39. The number of fused-ring (bicyclic) bond motifs is 1. The van der Waals surface area contributed by atoms with Gasteiger partial charge in [0, 0.05) is 22.7 Å². The van der Waals surface area contributed by atoms with E-state index in [1.807, 2.05) is 30.7 Å². The number of hydrogen-bond acceptors (Lipinski definition) is 6. The summed E-state index contributed by atoms with van der Waals surface area (Å²) in [7, 11) is 3.13. The lowest BCUT2D eigenvalue weighted by Gasteiger charge is -2.12. The number of carbonyl (C=O) groups excluding carboxylic acids is 1. The molecule has 0 saturated heterocycles. The van der Waals surface area contributed by atoms with Crippen molar-refractivity contribution in [2.45, 2.75) is 26.8 Å². The van der Waals surface area contributed by atoms with Gasteiger partial charge in [-0.2, -0.15) is 5.10 Å². The molecular formula is C23H24N4O3S. The van der Waals surface area contributed by atoms with Crippen LogP contribution in [0, 0.1) is 6.92 Å². The van der Waals surface area contributed by atoms with Crippen LogP contribution in [0.15, 0.2) is 42.6 Å². The second-order valence-corrected chi connectivity index (χ2v) is 8.70. The van der Waals surface area contributed by atoms with E-state index in [1.54, 1.807) is 50.0 Å². The van der Waals surface area contributed by atoms with E-state index in [0.717, 1.165) is 10.6 Å². The molecule has 0 atom stereocenters. The van der Waals surface area contributed by atoms with Crippen molar-refractivity contribution in [3.8, 4) is 22.1 Å². The zero-order valence-electron chi connectivity index (χ0n) is 18.1. The molecule has 7 nitrogen and oxygen atoms in total. The molecule has 0 radical (unpaired) electrons. The van der Waals surface area contributed by atoms with E-state index in [-0.39, 0.29) is 11.9 Å². The Morgan fingerprint density at radius 2 is 1.87 bits per heavy atom. The number of benzene rings is 1. The van der Waals surface area contributed by atoms with Crippen molar-refractivity contribution >= 4 is 34.0 Å². The lowest BCUT2D eigenvalue weighted by atomic mass is 10.1. The van der Waals surface area contributed by atoms with Gasteiger partial charge < -0.3 is 14.8 Å². The van der Waals surface area contributed by atoms with Crippen LogP contribution in [-0.2, 0) is 0 Å². The number of nitrogens with zero attached hydrogens (tertiary/aromatic N) is 3. The predicted octanol–water partition coefficient (Wildman–Crippen LogP) is 5.32. The number of ether oxygens (including phenoxy) is 2. The van der Waals surface area contributed by atoms with Gasteiger partial charge in [-0.15, -0.1) is 11.3 Å². The quantitative estimate of drug-likeness (QED) is 0.443. The first kappa shape index (κ1) is 20.9. The summed E-state index contributed by atoms with van der Waals surface area (Å²) in [6, 6.07) is 11.3. The molecule has 160 valence electrons. The third kappa shape index (κ3) is 3.98. The van der Waals surface area contributed by atoms with Crippen LogP contribution in [0.25, 0.3) is 21.6 Å². The van der Waals surface area contributed by atoms with Gasteiger partial charge in [-0.1, -0.05) is 0 Å². The SMILES string of the molecule is COc1ccc(NC(=O)c2cc(-c3ccc(C)s3)nc3c2cnn3C(C)C)cc1OC. The summed E-state index contributed by atoms with van der Waals surface area (Å²) in [5.41, 5.74) is 2.58. The van der Waals surface area contributed by atoms with Crippen molar-refractivity contribution in [2.75, 3.05) is 19.5 Å². The van der Waals surface area contributed by atoms with Crippen LogP contribution in [0.2, 0.25) is 0 Å². The van der Waals surface area contributed by atoms with E-state index in [2.05, 4.69) is 23.4 Å². The Bertz CT molecular complexity index is 1260. The number of thiophene rings is 1. The third-order valence-electron chi connectivity index (χ3n) is 4.93. The fourth-order valence-corrected chi connectivity index (χ4v) is 4.22. The zero-order valence-corrected chi connectivity index (χ0v) is 18.9. The number of nitrogens with one attached hydrogen (secondary N) is 1. The highest BCUT2D eigenvalue weighted by Gasteiger charge is 2.19. The predicted molar refractivity (Wildman–Crippen MR) is 123 cm³/mol. The maximum Gasteiger partial charge on any atom is 0.256 e. The first-order valence-electron chi connectivity index (χ1n) is 9.89. The molecule has 0 aliphatic heterocycles. The number of pyridine rings is 1. The Labute approximate surface area is 184 Å². The van der Waals surface area contributed by atoms with Gasteiger partial charge in [0.2, 0.25) is 0 Å². The van der Waals surface area contributed by atoms with Gasteiger partial charge in [0.1, 0.15) is 0 Å². The molecule has 0 unspecified atom stereocenters. The number of anilines is 1. The van der Waals surface area contributed by atoms with Crippen LogP contribution in [0.4, 0.5) is 5.69 Å². The smallest absolute Gasteiger partial charge is 0.256 e. The Morgan fingerprint density at radius 3 is 2.52 bits per heavy atom. The van der Waals surface area contributed by atoms with E-state index in [4.69, 9.17) is 14.5 Å². The number of aryl methyl sites for hydroxylation is 1. The highest BCUT2D eigenvalue weighted by Crippen LogP contribution is 2.32. The van der Waals surface area contributed by atoms with E-state index in [9.17, 15) is 4.79 Å². The van der Waals surface area contributed by atoms with Crippen LogP contribution >= 0.6 is 11.3 Å². The van der Waals surface area contributed by atoms with Crippen LogP contribution in [0.3, 0.4) is 0 Å². The van der Waals surface area contributed by atoms with E-state index in [1.165, 1.54) is 4.88 Å². The number of rotatable bonds is 6. The van der Waals surface area contributed by atoms with E-state index >= 15 is 0 Å². The van der Waals surface area contributed by atoms with Gasteiger partial charge >= 0.3 is 0 Å². The van der Waals surface area contributed by atoms with Gasteiger partial charge in [0.25, 0.3) is 5.91 Å². The number of amides is 1. The summed E-state index contributed by atoms with van der Waals surface area (Å²) in [5.74, 6) is 0.903. The van der Waals surface area contributed by atoms with Crippen molar-refractivity contribution in [1.29, 1.82) is 0 Å². The minimum atomic E-state index is -0.238. The largest absolute Gasteiger partial charge is 0.493 e. The topological polar surface area (TPSA) is 78.3 Å². The molecule has 0 spiro atoms. The normalized spacial score (nSPS) is 11.2. The highest BCUT2D eigenvalue weighted by atomic mass is 32.1. The summed E-state index contributed by atoms with van der Waals surface area (Å²) in [6.07, 6.45) is 1.70. The van der Waals surface area contributed by atoms with Crippen LogP contribution in [-0.4, -0.2) is 34.9 Å². The second kappa shape index (κ2) is 8.39. The van der Waals surface area contributed by atoms with Crippen LogP contribution < -0.4 is 14.8 Å². The molecule has 4 aromatic rings.